The van der Waals surface area contributed by atoms with Crippen LogP contribution in [-0.4, -0.2) is 35.7 Å². The van der Waals surface area contributed by atoms with Crippen molar-refractivity contribution in [2.45, 2.75) is 58.4 Å². The van der Waals surface area contributed by atoms with E-state index < -0.39 is 0 Å². The fourth-order valence-electron chi connectivity index (χ4n) is 3.48. The fourth-order valence-corrected chi connectivity index (χ4v) is 3.48. The molecule has 1 heterocycles. The lowest BCUT2D eigenvalue weighted by Crippen LogP contribution is -2.47. The van der Waals surface area contributed by atoms with E-state index in [-0.39, 0.29) is 17.2 Å². The Hall–Kier alpha value is -0.900. The maximum atomic E-state index is 6.44. The van der Waals surface area contributed by atoms with E-state index in [1.807, 2.05) is 0 Å². The van der Waals surface area contributed by atoms with Crippen molar-refractivity contribution in [2.24, 2.45) is 11.7 Å². The van der Waals surface area contributed by atoms with Crippen molar-refractivity contribution in [3.8, 4) is 0 Å². The minimum Gasteiger partial charge on any atom is -0.368 e. The molecule has 2 atom stereocenters. The number of ether oxygens (including phenoxy) is 1. The standard InChI is InChI=1S/C18H30N2O/c1-13-7-9-14(10-8-13)11-20(6)12-15-16(19)18(4,5)21-17(15,2)3/h7-10,15-16H,11-12,19H2,1-6H3. The molecule has 2 rings (SSSR count). The zero-order valence-corrected chi connectivity index (χ0v) is 14.3. The Morgan fingerprint density at radius 3 is 2.14 bits per heavy atom. The van der Waals surface area contributed by atoms with Crippen LogP contribution in [0.2, 0.25) is 0 Å². The van der Waals surface area contributed by atoms with Crippen LogP contribution >= 0.6 is 0 Å². The van der Waals surface area contributed by atoms with Crippen LogP contribution in [0.25, 0.3) is 0 Å². The van der Waals surface area contributed by atoms with E-state index in [1.165, 1.54) is 11.1 Å². The summed E-state index contributed by atoms with van der Waals surface area (Å²) in [6.45, 7) is 12.5. The second-order valence-corrected chi connectivity index (χ2v) is 7.62. The molecule has 0 aromatic heterocycles. The highest BCUT2D eigenvalue weighted by molar-refractivity contribution is 5.21. The first-order valence-corrected chi connectivity index (χ1v) is 7.82. The minimum absolute atomic E-state index is 0.0629. The highest BCUT2D eigenvalue weighted by Crippen LogP contribution is 2.41. The van der Waals surface area contributed by atoms with Crippen LogP contribution in [0.15, 0.2) is 24.3 Å². The first-order chi connectivity index (χ1) is 9.62. The third-order valence-electron chi connectivity index (χ3n) is 4.74. The molecule has 3 nitrogen and oxygen atoms in total. The molecule has 1 fully saturated rings. The molecule has 3 heteroatoms. The van der Waals surface area contributed by atoms with E-state index in [4.69, 9.17) is 10.5 Å². The second-order valence-electron chi connectivity index (χ2n) is 7.62. The van der Waals surface area contributed by atoms with Crippen LogP contribution in [0.3, 0.4) is 0 Å². The molecule has 0 radical (unpaired) electrons. The Morgan fingerprint density at radius 1 is 1.10 bits per heavy atom. The van der Waals surface area contributed by atoms with Gasteiger partial charge in [0.25, 0.3) is 0 Å². The van der Waals surface area contributed by atoms with Gasteiger partial charge in [0.15, 0.2) is 0 Å². The van der Waals surface area contributed by atoms with Gasteiger partial charge in [-0.05, 0) is 47.2 Å². The van der Waals surface area contributed by atoms with Gasteiger partial charge < -0.3 is 15.4 Å². The molecule has 0 amide bonds. The summed E-state index contributed by atoms with van der Waals surface area (Å²) in [5.41, 5.74) is 8.66. The molecule has 1 aromatic carbocycles. The number of benzene rings is 1. The number of nitrogens with two attached hydrogens (primary N) is 1. The van der Waals surface area contributed by atoms with Gasteiger partial charge in [0, 0.05) is 25.0 Å². The third-order valence-corrected chi connectivity index (χ3v) is 4.74. The zero-order chi connectivity index (χ0) is 15.8. The molecule has 1 aliphatic heterocycles. The summed E-state index contributed by atoms with van der Waals surface area (Å²) in [6.07, 6.45) is 0. The molecule has 0 spiro atoms. The van der Waals surface area contributed by atoms with E-state index in [9.17, 15) is 0 Å². The van der Waals surface area contributed by atoms with Crippen molar-refractivity contribution < 1.29 is 4.74 Å². The van der Waals surface area contributed by atoms with Crippen LogP contribution in [0, 0.1) is 12.8 Å². The Morgan fingerprint density at radius 2 is 1.67 bits per heavy atom. The molecule has 0 saturated carbocycles. The fraction of sp³-hybridized carbons (Fsp3) is 0.667. The van der Waals surface area contributed by atoms with Gasteiger partial charge >= 0.3 is 0 Å². The quantitative estimate of drug-likeness (QED) is 0.926. The highest BCUT2D eigenvalue weighted by Gasteiger charge is 2.52. The van der Waals surface area contributed by atoms with Gasteiger partial charge in [0.1, 0.15) is 0 Å². The summed E-state index contributed by atoms with van der Waals surface area (Å²) in [5, 5.41) is 0. The zero-order valence-electron chi connectivity index (χ0n) is 14.3. The molecule has 2 unspecified atom stereocenters. The molecular formula is C18H30N2O. The van der Waals surface area contributed by atoms with E-state index >= 15 is 0 Å². The summed E-state index contributed by atoms with van der Waals surface area (Å²) in [4.78, 5) is 2.35. The first kappa shape index (κ1) is 16.5. The largest absolute Gasteiger partial charge is 0.368 e. The van der Waals surface area contributed by atoms with E-state index in [1.54, 1.807) is 0 Å². The molecular weight excluding hydrogens is 260 g/mol. The molecule has 1 aliphatic rings. The number of nitrogens with zero attached hydrogens (tertiary/aromatic N) is 1. The molecule has 1 saturated heterocycles. The third kappa shape index (κ3) is 3.65. The lowest BCUT2D eigenvalue weighted by Gasteiger charge is -2.31. The Bertz CT molecular complexity index is 478. The lowest BCUT2D eigenvalue weighted by molar-refractivity contribution is -0.0782. The predicted octanol–water partition coefficient (Wildman–Crippen LogP) is 2.96. The van der Waals surface area contributed by atoms with E-state index in [0.717, 1.165) is 13.1 Å². The Kier molecular flexibility index (Phi) is 4.48. The average Bonchev–Trinajstić information content (AvgIpc) is 2.50. The van der Waals surface area contributed by atoms with Crippen LogP contribution in [0.1, 0.15) is 38.8 Å². The maximum absolute atomic E-state index is 6.44. The number of hydrogen-bond acceptors (Lipinski definition) is 3. The highest BCUT2D eigenvalue weighted by atomic mass is 16.5. The van der Waals surface area contributed by atoms with Crippen molar-refractivity contribution in [1.82, 2.24) is 4.90 Å². The first-order valence-electron chi connectivity index (χ1n) is 7.82. The summed E-state index contributed by atoms with van der Waals surface area (Å²) in [5.74, 6) is 0.336. The Labute approximate surface area is 129 Å². The molecule has 21 heavy (non-hydrogen) atoms. The van der Waals surface area contributed by atoms with Gasteiger partial charge in [-0.15, -0.1) is 0 Å². The Balaban J connectivity index is 2.02. The second kappa shape index (κ2) is 5.71. The van der Waals surface area contributed by atoms with E-state index in [2.05, 4.69) is 70.8 Å². The predicted molar refractivity (Wildman–Crippen MR) is 88.2 cm³/mol. The van der Waals surface area contributed by atoms with Crippen LogP contribution in [-0.2, 0) is 11.3 Å². The van der Waals surface area contributed by atoms with Gasteiger partial charge in [-0.1, -0.05) is 29.8 Å². The molecule has 0 aliphatic carbocycles. The average molecular weight is 290 g/mol. The minimum atomic E-state index is -0.251. The maximum Gasteiger partial charge on any atom is 0.0788 e. The summed E-state index contributed by atoms with van der Waals surface area (Å²) < 4.78 is 6.18. The van der Waals surface area contributed by atoms with Gasteiger partial charge in [0.05, 0.1) is 11.2 Å². The lowest BCUT2D eigenvalue weighted by atomic mass is 9.83. The normalized spacial score (nSPS) is 27.2. The van der Waals surface area contributed by atoms with Crippen molar-refractivity contribution in [1.29, 1.82) is 0 Å². The monoisotopic (exact) mass is 290 g/mol. The van der Waals surface area contributed by atoms with Gasteiger partial charge in [-0.2, -0.15) is 0 Å². The summed E-state index contributed by atoms with van der Waals surface area (Å²) in [6, 6.07) is 8.80. The SMILES string of the molecule is Cc1ccc(CN(C)CC2C(N)C(C)(C)OC2(C)C)cc1. The summed E-state index contributed by atoms with van der Waals surface area (Å²) >= 11 is 0. The van der Waals surface area contributed by atoms with Crippen molar-refractivity contribution in [2.75, 3.05) is 13.6 Å². The van der Waals surface area contributed by atoms with Gasteiger partial charge in [0.2, 0.25) is 0 Å². The summed E-state index contributed by atoms with van der Waals surface area (Å²) in [7, 11) is 2.16. The van der Waals surface area contributed by atoms with Crippen LogP contribution in [0.4, 0.5) is 0 Å². The molecule has 118 valence electrons. The molecule has 2 N–H and O–H groups in total. The van der Waals surface area contributed by atoms with Crippen molar-refractivity contribution in [3.63, 3.8) is 0 Å². The van der Waals surface area contributed by atoms with Crippen LogP contribution < -0.4 is 5.73 Å². The number of aryl methyl sites for hydroxylation is 1. The van der Waals surface area contributed by atoms with Crippen LogP contribution in [0.5, 0.6) is 0 Å². The number of hydrogen-bond donors (Lipinski definition) is 1. The van der Waals surface area contributed by atoms with Crippen molar-refractivity contribution in [3.05, 3.63) is 35.4 Å². The van der Waals surface area contributed by atoms with Gasteiger partial charge in [-0.3, -0.25) is 0 Å². The topological polar surface area (TPSA) is 38.5 Å². The number of rotatable bonds is 4. The van der Waals surface area contributed by atoms with E-state index in [0.29, 0.717) is 5.92 Å². The van der Waals surface area contributed by atoms with Gasteiger partial charge in [-0.25, -0.2) is 0 Å². The molecule has 0 bridgehead atoms. The van der Waals surface area contributed by atoms with Crippen molar-refractivity contribution >= 4 is 0 Å². The smallest absolute Gasteiger partial charge is 0.0788 e. The molecule has 1 aromatic rings.